The van der Waals surface area contributed by atoms with Gasteiger partial charge in [0.05, 0.1) is 13.1 Å². The molecule has 2 heterocycles. The summed E-state index contributed by atoms with van der Waals surface area (Å²) in [7, 11) is 0. The van der Waals surface area contributed by atoms with Gasteiger partial charge in [0.25, 0.3) is 0 Å². The summed E-state index contributed by atoms with van der Waals surface area (Å²) in [6, 6.07) is 3.83. The number of rotatable bonds is 3. The molecule has 2 aromatic rings. The largest absolute Gasteiger partial charge is 0.356 e. The van der Waals surface area contributed by atoms with Gasteiger partial charge in [-0.3, -0.25) is 14.6 Å². The molecule has 0 radical (unpaired) electrons. The number of quaternary nitrogens is 1. The maximum Gasteiger partial charge on any atom is 0.195 e. The first-order chi connectivity index (χ1) is 7.33. The molecule has 4 N–H and O–H groups in total. The molecule has 0 aliphatic carbocycles. The van der Waals surface area contributed by atoms with Crippen LogP contribution in [0, 0.1) is 4.77 Å². The van der Waals surface area contributed by atoms with Crippen molar-refractivity contribution in [3.05, 3.63) is 29.3 Å². The second-order valence-corrected chi connectivity index (χ2v) is 3.49. The minimum absolute atomic E-state index is 0.623. The third-order valence-corrected chi connectivity index (χ3v) is 2.37. The zero-order valence-corrected chi connectivity index (χ0v) is 9.00. The summed E-state index contributed by atoms with van der Waals surface area (Å²) in [5, 5.41) is 6.96. The van der Waals surface area contributed by atoms with Crippen molar-refractivity contribution in [1.82, 2.24) is 19.7 Å². The van der Waals surface area contributed by atoms with Crippen LogP contribution in [0.1, 0.15) is 0 Å². The van der Waals surface area contributed by atoms with Gasteiger partial charge in [0.15, 0.2) is 10.6 Å². The van der Waals surface area contributed by atoms with E-state index in [1.54, 1.807) is 12.4 Å². The third kappa shape index (κ3) is 1.95. The number of hydrogen-bond acceptors (Lipinski definition) is 3. The van der Waals surface area contributed by atoms with Crippen LogP contribution in [0.3, 0.4) is 0 Å². The van der Waals surface area contributed by atoms with Gasteiger partial charge < -0.3 is 5.73 Å². The highest BCUT2D eigenvalue weighted by molar-refractivity contribution is 7.71. The Labute approximate surface area is 92.0 Å². The van der Waals surface area contributed by atoms with Crippen molar-refractivity contribution in [2.24, 2.45) is 0 Å². The Balaban J connectivity index is 2.49. The van der Waals surface area contributed by atoms with Crippen molar-refractivity contribution >= 4 is 12.2 Å². The van der Waals surface area contributed by atoms with Crippen molar-refractivity contribution in [2.45, 2.75) is 6.54 Å². The summed E-state index contributed by atoms with van der Waals surface area (Å²) in [6.07, 6.45) is 3.50. The van der Waals surface area contributed by atoms with E-state index < -0.39 is 0 Å². The van der Waals surface area contributed by atoms with Crippen LogP contribution in [-0.4, -0.2) is 26.3 Å². The van der Waals surface area contributed by atoms with Crippen LogP contribution in [0.15, 0.2) is 24.5 Å². The summed E-state index contributed by atoms with van der Waals surface area (Å²) in [5.41, 5.74) is 4.77. The summed E-state index contributed by atoms with van der Waals surface area (Å²) < 4.78 is 2.55. The fourth-order valence-electron chi connectivity index (χ4n) is 1.40. The van der Waals surface area contributed by atoms with Crippen molar-refractivity contribution < 1.29 is 5.73 Å². The molecule has 6 heteroatoms. The Morgan fingerprint density at radius 1 is 1.53 bits per heavy atom. The molecule has 2 rings (SSSR count). The molecule has 0 saturated carbocycles. The molecule has 78 valence electrons. The minimum atomic E-state index is 0.623. The van der Waals surface area contributed by atoms with E-state index in [-0.39, 0.29) is 0 Å². The number of H-pyrrole nitrogens is 1. The lowest BCUT2D eigenvalue weighted by atomic mass is 10.3. The van der Waals surface area contributed by atoms with E-state index in [0.29, 0.717) is 4.77 Å². The average Bonchev–Trinajstić information content (AvgIpc) is 2.63. The first kappa shape index (κ1) is 10.0. The Kier molecular flexibility index (Phi) is 2.89. The van der Waals surface area contributed by atoms with Crippen LogP contribution in [0.25, 0.3) is 11.4 Å². The van der Waals surface area contributed by atoms with Gasteiger partial charge in [-0.2, -0.15) is 5.10 Å². The normalized spacial score (nSPS) is 10.5. The Hall–Kier alpha value is -1.53. The molecule has 0 amide bonds. The minimum Gasteiger partial charge on any atom is -0.356 e. The van der Waals surface area contributed by atoms with E-state index in [1.807, 2.05) is 16.7 Å². The van der Waals surface area contributed by atoms with E-state index in [0.717, 1.165) is 24.5 Å². The SMILES string of the molecule is [NH3+]CCn1c(-c2cccnc2)n[nH]c1=S. The molecule has 0 bridgehead atoms. The molecule has 0 aliphatic rings. The lowest BCUT2D eigenvalue weighted by Gasteiger charge is -2.02. The fourth-order valence-corrected chi connectivity index (χ4v) is 1.62. The number of hydrogen-bond donors (Lipinski definition) is 2. The van der Waals surface area contributed by atoms with Crippen LogP contribution >= 0.6 is 12.2 Å². The van der Waals surface area contributed by atoms with Crippen molar-refractivity contribution in [1.29, 1.82) is 0 Å². The zero-order chi connectivity index (χ0) is 10.7. The quantitative estimate of drug-likeness (QED) is 0.731. The summed E-state index contributed by atoms with van der Waals surface area (Å²) in [6.45, 7) is 1.54. The molecule has 2 aromatic heterocycles. The van der Waals surface area contributed by atoms with Gasteiger partial charge in [-0.1, -0.05) is 0 Å². The Morgan fingerprint density at radius 2 is 2.40 bits per heavy atom. The van der Waals surface area contributed by atoms with E-state index in [9.17, 15) is 0 Å². The molecular weight excluding hydrogens is 210 g/mol. The van der Waals surface area contributed by atoms with Gasteiger partial charge in [0, 0.05) is 18.0 Å². The van der Waals surface area contributed by atoms with Gasteiger partial charge in [0.2, 0.25) is 0 Å². The molecular formula is C9H12N5S+. The first-order valence-corrected chi connectivity index (χ1v) is 5.08. The Bertz CT molecular complexity index is 487. The van der Waals surface area contributed by atoms with Crippen LogP contribution in [-0.2, 0) is 6.54 Å². The summed E-state index contributed by atoms with van der Waals surface area (Å²) in [4.78, 5) is 4.05. The molecule has 0 saturated heterocycles. The zero-order valence-electron chi connectivity index (χ0n) is 8.18. The van der Waals surface area contributed by atoms with E-state index >= 15 is 0 Å². The molecule has 5 nitrogen and oxygen atoms in total. The monoisotopic (exact) mass is 222 g/mol. The van der Waals surface area contributed by atoms with Gasteiger partial charge in [-0.05, 0) is 24.4 Å². The highest BCUT2D eigenvalue weighted by atomic mass is 32.1. The number of aromatic amines is 1. The number of nitrogens with zero attached hydrogens (tertiary/aromatic N) is 3. The van der Waals surface area contributed by atoms with Gasteiger partial charge in [-0.15, -0.1) is 0 Å². The van der Waals surface area contributed by atoms with Crippen LogP contribution in [0.5, 0.6) is 0 Å². The lowest BCUT2D eigenvalue weighted by molar-refractivity contribution is -0.369. The first-order valence-electron chi connectivity index (χ1n) is 4.68. The molecule has 0 atom stereocenters. The van der Waals surface area contributed by atoms with Crippen LogP contribution in [0.2, 0.25) is 0 Å². The molecule has 15 heavy (non-hydrogen) atoms. The van der Waals surface area contributed by atoms with Crippen molar-refractivity contribution in [3.63, 3.8) is 0 Å². The van der Waals surface area contributed by atoms with Gasteiger partial charge in [0.1, 0.15) is 0 Å². The number of aromatic nitrogens is 4. The number of nitrogens with one attached hydrogen (secondary N) is 1. The lowest BCUT2D eigenvalue weighted by Crippen LogP contribution is -2.52. The standard InChI is InChI=1S/C9H11N5S/c10-3-5-14-8(12-13-9(14)15)7-2-1-4-11-6-7/h1-2,4,6H,3,5,10H2,(H,13,15)/p+1. The second kappa shape index (κ2) is 4.33. The predicted octanol–water partition coefficient (Wildman–Crippen LogP) is 0.245. The van der Waals surface area contributed by atoms with Crippen molar-refractivity contribution in [2.75, 3.05) is 6.54 Å². The molecule has 0 unspecified atom stereocenters. The molecule has 0 aromatic carbocycles. The molecule has 0 spiro atoms. The third-order valence-electron chi connectivity index (χ3n) is 2.06. The van der Waals surface area contributed by atoms with E-state index in [2.05, 4.69) is 20.9 Å². The summed E-state index contributed by atoms with van der Waals surface area (Å²) >= 11 is 5.14. The number of pyridine rings is 1. The van der Waals surface area contributed by atoms with E-state index in [4.69, 9.17) is 12.2 Å². The van der Waals surface area contributed by atoms with Crippen molar-refractivity contribution in [3.8, 4) is 11.4 Å². The van der Waals surface area contributed by atoms with Crippen LogP contribution < -0.4 is 5.73 Å². The van der Waals surface area contributed by atoms with Gasteiger partial charge >= 0.3 is 0 Å². The fraction of sp³-hybridized carbons (Fsp3) is 0.222. The average molecular weight is 222 g/mol. The van der Waals surface area contributed by atoms with E-state index in [1.165, 1.54) is 0 Å². The maximum atomic E-state index is 5.14. The second-order valence-electron chi connectivity index (χ2n) is 3.10. The maximum absolute atomic E-state index is 5.14. The Morgan fingerprint density at radius 3 is 3.07 bits per heavy atom. The highest BCUT2D eigenvalue weighted by Gasteiger charge is 2.07. The van der Waals surface area contributed by atoms with Crippen LogP contribution in [0.4, 0.5) is 0 Å². The smallest absolute Gasteiger partial charge is 0.195 e. The molecule has 0 aliphatic heterocycles. The molecule has 0 fully saturated rings. The summed E-state index contributed by atoms with van der Waals surface area (Å²) in [5.74, 6) is 0.816. The predicted molar refractivity (Wildman–Crippen MR) is 58.4 cm³/mol. The van der Waals surface area contributed by atoms with Gasteiger partial charge in [-0.25, -0.2) is 0 Å². The topological polar surface area (TPSA) is 74.1 Å². The highest BCUT2D eigenvalue weighted by Crippen LogP contribution is 2.14.